The number of hydrogen-bond acceptors (Lipinski definition) is 2. The fraction of sp³-hybridized carbons (Fsp3) is 0.455. The summed E-state index contributed by atoms with van der Waals surface area (Å²) >= 11 is 6.08. The van der Waals surface area contributed by atoms with Gasteiger partial charge in [0.1, 0.15) is 6.04 Å². The number of piperazine rings is 1. The molecule has 1 aromatic carbocycles. The van der Waals surface area contributed by atoms with Crippen molar-refractivity contribution < 1.29 is 4.79 Å². The summed E-state index contributed by atoms with van der Waals surface area (Å²) < 4.78 is 0. The van der Waals surface area contributed by atoms with Crippen LogP contribution in [0.5, 0.6) is 0 Å². The zero-order chi connectivity index (χ0) is 20.0. The molecule has 1 amide bonds. The van der Waals surface area contributed by atoms with Crippen molar-refractivity contribution in [3.05, 3.63) is 52.3 Å². The van der Waals surface area contributed by atoms with Crippen molar-refractivity contribution in [1.82, 2.24) is 5.32 Å². The van der Waals surface area contributed by atoms with Crippen LogP contribution in [0.4, 0.5) is 5.69 Å². The summed E-state index contributed by atoms with van der Waals surface area (Å²) in [5.74, 6) is 0.787. The quantitative estimate of drug-likeness (QED) is 0.666. The van der Waals surface area contributed by atoms with E-state index >= 15 is 0 Å². The third kappa shape index (κ3) is 4.81. The highest BCUT2D eigenvalue weighted by Crippen LogP contribution is 2.28. The fourth-order valence-electron chi connectivity index (χ4n) is 3.19. The van der Waals surface area contributed by atoms with Gasteiger partial charge in [-0.3, -0.25) is 4.79 Å². The van der Waals surface area contributed by atoms with E-state index in [2.05, 4.69) is 26.1 Å². The Morgan fingerprint density at radius 1 is 1.26 bits per heavy atom. The Balaban J connectivity index is 2.67. The van der Waals surface area contributed by atoms with E-state index in [0.717, 1.165) is 42.2 Å². The van der Waals surface area contributed by atoms with Crippen LogP contribution < -0.4 is 10.2 Å². The highest BCUT2D eigenvalue weighted by atomic mass is 35.5. The number of nitrogens with one attached hydrogen (secondary N) is 1. The van der Waals surface area contributed by atoms with Crippen LogP contribution in [0.2, 0.25) is 5.02 Å². The van der Waals surface area contributed by atoms with Gasteiger partial charge in [-0.2, -0.15) is 0 Å². The number of carbonyl (C=O) groups excluding carboxylic acids is 1. The summed E-state index contributed by atoms with van der Waals surface area (Å²) in [4.78, 5) is 19.8. The second-order valence-electron chi connectivity index (χ2n) is 6.73. The normalized spacial score (nSPS) is 21.5. The molecule has 1 N–H and O–H groups in total. The molecular formula is C22H30ClN3O. The number of anilines is 1. The number of allylic oxidation sites excluding steroid dienone is 3. The summed E-state index contributed by atoms with van der Waals surface area (Å²) in [6, 6.07) is 7.29. The molecule has 1 aliphatic heterocycles. The van der Waals surface area contributed by atoms with Crippen LogP contribution >= 0.6 is 11.6 Å². The topological polar surface area (TPSA) is 44.7 Å². The highest BCUT2D eigenvalue weighted by Gasteiger charge is 2.36. The summed E-state index contributed by atoms with van der Waals surface area (Å²) in [5.41, 5.74) is 4.04. The van der Waals surface area contributed by atoms with E-state index < -0.39 is 0 Å². The van der Waals surface area contributed by atoms with Crippen molar-refractivity contribution >= 4 is 29.0 Å². The molecule has 0 saturated carbocycles. The standard InChI is InChI=1S/C22H30ClN3O/c1-6-10-19(15(5)7-2)24-21-18(8-3)25-22(27)20(9-4)26(21)17-13-11-16(23)12-14-17/h8,11-14,20H,6-7,9-10H2,1-5H3,(H,25,27). The lowest BCUT2D eigenvalue weighted by molar-refractivity contribution is -0.121. The van der Waals surface area contributed by atoms with Crippen LogP contribution in [-0.4, -0.2) is 17.8 Å². The first-order valence-corrected chi connectivity index (χ1v) is 10.1. The van der Waals surface area contributed by atoms with Crippen LogP contribution in [0.3, 0.4) is 0 Å². The van der Waals surface area contributed by atoms with Crippen LogP contribution in [0.25, 0.3) is 0 Å². The van der Waals surface area contributed by atoms with Crippen molar-refractivity contribution in [2.75, 3.05) is 4.90 Å². The van der Waals surface area contributed by atoms with Gasteiger partial charge in [-0.05, 0) is 57.4 Å². The molecule has 2 rings (SSSR count). The Morgan fingerprint density at radius 3 is 2.44 bits per heavy atom. The minimum absolute atomic E-state index is 0.00673. The zero-order valence-corrected chi connectivity index (χ0v) is 17.7. The van der Waals surface area contributed by atoms with Gasteiger partial charge in [0.15, 0.2) is 5.84 Å². The highest BCUT2D eigenvalue weighted by molar-refractivity contribution is 6.30. The van der Waals surface area contributed by atoms with E-state index in [-0.39, 0.29) is 11.9 Å². The van der Waals surface area contributed by atoms with E-state index in [1.165, 1.54) is 5.57 Å². The minimum atomic E-state index is -0.307. The Morgan fingerprint density at radius 2 is 1.93 bits per heavy atom. The minimum Gasteiger partial charge on any atom is -0.321 e. The molecule has 0 aliphatic carbocycles. The molecule has 1 atom stereocenters. The number of nitrogens with zero attached hydrogens (tertiary/aromatic N) is 2. The largest absolute Gasteiger partial charge is 0.321 e. The Kier molecular flexibility index (Phi) is 7.66. The third-order valence-corrected chi connectivity index (χ3v) is 5.12. The first-order chi connectivity index (χ1) is 13.0. The lowest BCUT2D eigenvalue weighted by Crippen LogP contribution is -2.57. The number of amidine groups is 1. The second kappa shape index (κ2) is 9.75. The number of benzene rings is 1. The van der Waals surface area contributed by atoms with E-state index in [4.69, 9.17) is 16.6 Å². The average Bonchev–Trinajstić information content (AvgIpc) is 2.68. The SMILES string of the molecule is CC=C1NC(=O)C(CC)N(c2ccc(Cl)cc2)C1=NC(CCC)=C(C)CC. The van der Waals surface area contributed by atoms with Crippen molar-refractivity contribution in [3.63, 3.8) is 0 Å². The first-order valence-electron chi connectivity index (χ1n) is 9.76. The molecule has 0 radical (unpaired) electrons. The lowest BCUT2D eigenvalue weighted by Gasteiger charge is -2.38. The number of hydrogen-bond donors (Lipinski definition) is 1. The summed E-state index contributed by atoms with van der Waals surface area (Å²) in [6.45, 7) is 10.4. The molecule has 5 heteroatoms. The van der Waals surface area contributed by atoms with E-state index in [9.17, 15) is 4.79 Å². The third-order valence-electron chi connectivity index (χ3n) is 4.87. The molecule has 0 aromatic heterocycles. The molecule has 1 fully saturated rings. The molecule has 1 saturated heterocycles. The second-order valence-corrected chi connectivity index (χ2v) is 7.16. The van der Waals surface area contributed by atoms with Crippen molar-refractivity contribution in [2.24, 2.45) is 4.99 Å². The predicted molar refractivity (Wildman–Crippen MR) is 115 cm³/mol. The predicted octanol–water partition coefficient (Wildman–Crippen LogP) is 5.84. The molecule has 0 bridgehead atoms. The lowest BCUT2D eigenvalue weighted by atomic mass is 10.0. The van der Waals surface area contributed by atoms with Gasteiger partial charge >= 0.3 is 0 Å². The van der Waals surface area contributed by atoms with Crippen molar-refractivity contribution in [2.45, 2.75) is 66.3 Å². The zero-order valence-electron chi connectivity index (χ0n) is 17.0. The van der Waals surface area contributed by atoms with Crippen molar-refractivity contribution in [1.29, 1.82) is 0 Å². The van der Waals surface area contributed by atoms with Gasteiger partial charge in [0, 0.05) is 16.4 Å². The molecule has 1 heterocycles. The monoisotopic (exact) mass is 387 g/mol. The summed E-state index contributed by atoms with van der Waals surface area (Å²) in [7, 11) is 0. The Hall–Kier alpha value is -2.07. The van der Waals surface area contributed by atoms with Crippen molar-refractivity contribution in [3.8, 4) is 0 Å². The maximum Gasteiger partial charge on any atom is 0.247 e. The maximum absolute atomic E-state index is 12.7. The van der Waals surface area contributed by atoms with E-state index in [1.54, 1.807) is 0 Å². The van der Waals surface area contributed by atoms with Gasteiger partial charge in [0.25, 0.3) is 0 Å². The summed E-state index contributed by atoms with van der Waals surface area (Å²) in [6.07, 6.45) is 5.50. The van der Waals surface area contributed by atoms with Gasteiger partial charge < -0.3 is 10.2 Å². The van der Waals surface area contributed by atoms with Gasteiger partial charge in [-0.15, -0.1) is 0 Å². The smallest absolute Gasteiger partial charge is 0.247 e. The van der Waals surface area contributed by atoms with E-state index in [1.807, 2.05) is 49.1 Å². The van der Waals surface area contributed by atoms with Gasteiger partial charge in [-0.1, -0.05) is 50.4 Å². The van der Waals surface area contributed by atoms with Crippen LogP contribution in [0.15, 0.2) is 52.3 Å². The van der Waals surface area contributed by atoms with Crippen LogP contribution in [0, 0.1) is 0 Å². The number of carbonyl (C=O) groups is 1. The molecule has 1 aromatic rings. The average molecular weight is 388 g/mol. The Labute approximate surface area is 168 Å². The first kappa shape index (κ1) is 21.2. The number of amides is 1. The Bertz CT molecular complexity index is 762. The van der Waals surface area contributed by atoms with Crippen LogP contribution in [-0.2, 0) is 4.79 Å². The van der Waals surface area contributed by atoms with Crippen LogP contribution in [0.1, 0.15) is 60.3 Å². The molecule has 146 valence electrons. The van der Waals surface area contributed by atoms with Gasteiger partial charge in [-0.25, -0.2) is 4.99 Å². The molecule has 1 aliphatic rings. The molecule has 27 heavy (non-hydrogen) atoms. The molecule has 0 spiro atoms. The molecule has 4 nitrogen and oxygen atoms in total. The molecular weight excluding hydrogens is 358 g/mol. The molecule has 1 unspecified atom stereocenters. The summed E-state index contributed by atoms with van der Waals surface area (Å²) in [5, 5.41) is 3.71. The van der Waals surface area contributed by atoms with E-state index in [0.29, 0.717) is 11.4 Å². The number of rotatable bonds is 6. The fourth-order valence-corrected chi connectivity index (χ4v) is 3.31. The number of aliphatic imine (C=N–C) groups is 1. The number of halogens is 1. The maximum atomic E-state index is 12.7. The van der Waals surface area contributed by atoms with Gasteiger partial charge in [0.05, 0.1) is 5.70 Å². The van der Waals surface area contributed by atoms with Gasteiger partial charge in [0.2, 0.25) is 5.91 Å².